The smallest absolute Gasteiger partial charge is 0.144 e. The molecule has 0 spiro atoms. The first kappa shape index (κ1) is 33.6. The summed E-state index contributed by atoms with van der Waals surface area (Å²) in [5, 5.41) is 9.32. The zero-order chi connectivity index (χ0) is 37.7. The van der Waals surface area contributed by atoms with Crippen LogP contribution < -0.4 is 9.80 Å². The molecule has 11 rings (SSSR count). The van der Waals surface area contributed by atoms with E-state index in [0.717, 1.165) is 92.3 Å². The SMILES string of the molecule is CC1CC(C)CN(c2ccc3cc4c(cc3c2)oc2c(-c3ccccc3)c(-c3ccccc3)c3oc5cc6cc(N7CC(C)CC(C)C7)ccc6cc5c3c24)C1. The Balaban J connectivity index is 1.20. The molecule has 2 aliphatic rings. The lowest BCUT2D eigenvalue weighted by molar-refractivity contribution is 0.357. The highest BCUT2D eigenvalue weighted by Gasteiger charge is 2.28. The molecule has 4 heterocycles. The van der Waals surface area contributed by atoms with Crippen LogP contribution in [0.4, 0.5) is 11.4 Å². The van der Waals surface area contributed by atoms with Gasteiger partial charge in [0.15, 0.2) is 0 Å². The molecule has 0 saturated carbocycles. The van der Waals surface area contributed by atoms with Gasteiger partial charge in [-0.25, -0.2) is 0 Å². The predicted octanol–water partition coefficient (Wildman–Crippen LogP) is 14.1. The molecule has 4 unspecified atom stereocenters. The molecule has 0 amide bonds. The maximum absolute atomic E-state index is 7.18. The van der Waals surface area contributed by atoms with Crippen LogP contribution in [0, 0.1) is 23.7 Å². The van der Waals surface area contributed by atoms with E-state index in [1.807, 2.05) is 0 Å². The molecule has 0 radical (unpaired) electrons. The maximum atomic E-state index is 7.18. The van der Waals surface area contributed by atoms with Gasteiger partial charge < -0.3 is 18.6 Å². The van der Waals surface area contributed by atoms with Crippen LogP contribution in [0.15, 0.2) is 130 Å². The highest BCUT2D eigenvalue weighted by molar-refractivity contribution is 6.33. The predicted molar refractivity (Wildman–Crippen MR) is 237 cm³/mol. The average Bonchev–Trinajstić information content (AvgIpc) is 3.75. The molecular weight excluding hydrogens is 685 g/mol. The third-order valence-electron chi connectivity index (χ3n) is 12.8. The molecule has 2 aliphatic heterocycles. The van der Waals surface area contributed by atoms with E-state index in [1.54, 1.807) is 0 Å². The van der Waals surface area contributed by atoms with Crippen LogP contribution in [0.3, 0.4) is 0 Å². The van der Waals surface area contributed by atoms with Crippen LogP contribution in [0.2, 0.25) is 0 Å². The molecule has 4 atom stereocenters. The quantitative estimate of drug-likeness (QED) is 0.180. The fourth-order valence-electron chi connectivity index (χ4n) is 10.6. The number of anilines is 2. The summed E-state index contributed by atoms with van der Waals surface area (Å²) < 4.78 is 14.4. The van der Waals surface area contributed by atoms with E-state index in [2.05, 4.69) is 159 Å². The number of furan rings is 2. The Labute approximate surface area is 328 Å². The Morgan fingerprint density at radius 2 is 0.821 bits per heavy atom. The van der Waals surface area contributed by atoms with Gasteiger partial charge in [0.25, 0.3) is 0 Å². The van der Waals surface area contributed by atoms with Crippen molar-refractivity contribution >= 4 is 76.8 Å². The fourth-order valence-corrected chi connectivity index (χ4v) is 10.6. The van der Waals surface area contributed by atoms with E-state index in [9.17, 15) is 0 Å². The van der Waals surface area contributed by atoms with Crippen molar-refractivity contribution in [2.24, 2.45) is 23.7 Å². The van der Waals surface area contributed by atoms with E-state index in [0.29, 0.717) is 23.7 Å². The van der Waals surface area contributed by atoms with Gasteiger partial charge in [0.05, 0.1) is 0 Å². The summed E-state index contributed by atoms with van der Waals surface area (Å²) in [6.07, 6.45) is 2.59. The molecule has 2 saturated heterocycles. The van der Waals surface area contributed by atoms with Gasteiger partial charge in [-0.15, -0.1) is 0 Å². The Kier molecular flexibility index (Phi) is 7.74. The van der Waals surface area contributed by atoms with Crippen LogP contribution in [0.1, 0.15) is 40.5 Å². The van der Waals surface area contributed by atoms with Crippen molar-refractivity contribution in [1.29, 1.82) is 0 Å². The molecule has 278 valence electrons. The second-order valence-electron chi connectivity index (χ2n) is 17.6. The van der Waals surface area contributed by atoms with Gasteiger partial charge in [-0.3, -0.25) is 0 Å². The third kappa shape index (κ3) is 5.48. The van der Waals surface area contributed by atoms with Crippen LogP contribution in [0.25, 0.3) is 87.7 Å². The van der Waals surface area contributed by atoms with E-state index < -0.39 is 0 Å². The minimum atomic E-state index is 0.691. The van der Waals surface area contributed by atoms with Crippen molar-refractivity contribution in [2.45, 2.75) is 40.5 Å². The van der Waals surface area contributed by atoms with E-state index in [1.165, 1.54) is 45.8 Å². The largest absolute Gasteiger partial charge is 0.455 e. The molecule has 2 fully saturated rings. The molecule has 56 heavy (non-hydrogen) atoms. The number of hydrogen-bond acceptors (Lipinski definition) is 4. The molecule has 0 bridgehead atoms. The van der Waals surface area contributed by atoms with Crippen LogP contribution in [-0.2, 0) is 0 Å². The molecule has 4 heteroatoms. The highest BCUT2D eigenvalue weighted by atomic mass is 16.3. The molecule has 7 aromatic carbocycles. The van der Waals surface area contributed by atoms with Crippen molar-refractivity contribution in [3.05, 3.63) is 121 Å². The van der Waals surface area contributed by atoms with Crippen molar-refractivity contribution < 1.29 is 8.83 Å². The van der Waals surface area contributed by atoms with Crippen molar-refractivity contribution in [2.75, 3.05) is 36.0 Å². The Bertz CT molecular complexity index is 2740. The first-order valence-electron chi connectivity index (χ1n) is 20.7. The number of benzene rings is 7. The van der Waals surface area contributed by atoms with E-state index >= 15 is 0 Å². The summed E-state index contributed by atoms with van der Waals surface area (Å²) >= 11 is 0. The topological polar surface area (TPSA) is 32.8 Å². The summed E-state index contributed by atoms with van der Waals surface area (Å²) in [5.74, 6) is 2.76. The molecule has 9 aromatic rings. The normalized spacial score (nSPS) is 20.7. The Morgan fingerprint density at radius 1 is 0.429 bits per heavy atom. The third-order valence-corrected chi connectivity index (χ3v) is 12.8. The number of hydrogen-bond donors (Lipinski definition) is 0. The molecule has 0 N–H and O–H groups in total. The standard InChI is InChI=1S/C52H48N2O2/c1-31-19-32(2)28-53(27-31)41-17-15-37-23-43-45(25-39(37)21-41)55-51-47(35-11-7-5-8-12-35)48(36-13-9-6-10-14-36)52-50(49(43)51)44-24-38-16-18-42(22-40(38)26-46(44)56-52)54-29-33(3)20-34(4)30-54/h5-18,21-26,31-34H,19-20,27-30H2,1-4H3. The van der Waals surface area contributed by atoms with Gasteiger partial charge >= 0.3 is 0 Å². The number of piperidine rings is 2. The summed E-state index contributed by atoms with van der Waals surface area (Å²) in [6.45, 7) is 13.9. The van der Waals surface area contributed by atoms with E-state index in [-0.39, 0.29) is 0 Å². The molecule has 0 aliphatic carbocycles. The first-order valence-corrected chi connectivity index (χ1v) is 20.7. The highest BCUT2D eigenvalue weighted by Crippen LogP contribution is 2.51. The van der Waals surface area contributed by atoms with Crippen LogP contribution >= 0.6 is 0 Å². The molecule has 4 nitrogen and oxygen atoms in total. The Hall–Kier alpha value is -5.74. The maximum Gasteiger partial charge on any atom is 0.144 e. The van der Waals surface area contributed by atoms with Gasteiger partial charge in [-0.05, 0) is 118 Å². The number of nitrogens with zero attached hydrogens (tertiary/aromatic N) is 2. The molecule has 2 aromatic heterocycles. The number of rotatable bonds is 4. The van der Waals surface area contributed by atoms with Crippen LogP contribution in [0.5, 0.6) is 0 Å². The summed E-state index contributed by atoms with van der Waals surface area (Å²) in [7, 11) is 0. The second kappa shape index (κ2) is 12.9. The minimum absolute atomic E-state index is 0.691. The van der Waals surface area contributed by atoms with E-state index in [4.69, 9.17) is 8.83 Å². The lowest BCUT2D eigenvalue weighted by atomic mass is 9.89. The fraction of sp³-hybridized carbons (Fsp3) is 0.269. The van der Waals surface area contributed by atoms with Crippen molar-refractivity contribution in [3.8, 4) is 22.3 Å². The second-order valence-corrected chi connectivity index (χ2v) is 17.6. The van der Waals surface area contributed by atoms with Crippen LogP contribution in [-0.4, -0.2) is 26.2 Å². The van der Waals surface area contributed by atoms with Gasteiger partial charge in [-0.1, -0.05) is 100 Å². The lowest BCUT2D eigenvalue weighted by Gasteiger charge is -2.36. The zero-order valence-electron chi connectivity index (χ0n) is 32.8. The van der Waals surface area contributed by atoms with Crippen molar-refractivity contribution in [3.63, 3.8) is 0 Å². The van der Waals surface area contributed by atoms with Gasteiger partial charge in [-0.2, -0.15) is 0 Å². The van der Waals surface area contributed by atoms with Crippen molar-refractivity contribution in [1.82, 2.24) is 0 Å². The monoisotopic (exact) mass is 732 g/mol. The zero-order valence-corrected chi connectivity index (χ0v) is 32.8. The van der Waals surface area contributed by atoms with Gasteiger partial charge in [0.1, 0.15) is 22.3 Å². The van der Waals surface area contributed by atoms with Gasteiger partial charge in [0.2, 0.25) is 0 Å². The summed E-state index contributed by atoms with van der Waals surface area (Å²) in [5.41, 5.74) is 10.5. The summed E-state index contributed by atoms with van der Waals surface area (Å²) in [4.78, 5) is 5.14. The first-order chi connectivity index (χ1) is 27.3. The minimum Gasteiger partial charge on any atom is -0.455 e. The molecular formula is C52H48N2O2. The average molecular weight is 733 g/mol. The lowest BCUT2D eigenvalue weighted by Crippen LogP contribution is -2.38. The Morgan fingerprint density at radius 3 is 1.21 bits per heavy atom. The summed E-state index contributed by atoms with van der Waals surface area (Å²) in [6, 6.07) is 44.7. The van der Waals surface area contributed by atoms with Gasteiger partial charge in [0, 0.05) is 70.2 Å². The number of fused-ring (bicyclic) bond motifs is 9.